The number of thiazole rings is 1. The Labute approximate surface area is 121 Å². The quantitative estimate of drug-likeness (QED) is 0.893. The van der Waals surface area contributed by atoms with E-state index in [-0.39, 0.29) is 11.8 Å². The summed E-state index contributed by atoms with van der Waals surface area (Å²) in [5, 5.41) is 4.87. The van der Waals surface area contributed by atoms with Gasteiger partial charge in [-0.2, -0.15) is 0 Å². The molecular formula is C14H18N4OS. The number of aromatic nitrogens is 3. The van der Waals surface area contributed by atoms with Crippen molar-refractivity contribution in [1.82, 2.24) is 15.0 Å². The van der Waals surface area contributed by atoms with Crippen molar-refractivity contribution in [1.29, 1.82) is 0 Å². The fraction of sp³-hybridized carbons (Fsp3) is 0.500. The first-order chi connectivity index (χ1) is 9.52. The van der Waals surface area contributed by atoms with Crippen LogP contribution in [0.2, 0.25) is 0 Å². The van der Waals surface area contributed by atoms with E-state index in [0.29, 0.717) is 0 Å². The third kappa shape index (κ3) is 2.47. The minimum Gasteiger partial charge on any atom is -0.346 e. The molecule has 3 rings (SSSR count). The van der Waals surface area contributed by atoms with Gasteiger partial charge in [-0.25, -0.2) is 9.97 Å². The average Bonchev–Trinajstić information content (AvgIpc) is 2.90. The number of fused-ring (bicyclic) bond motifs is 1. The normalized spacial score (nSPS) is 17.9. The molecule has 0 saturated carbocycles. The molecule has 1 atom stereocenters. The number of aryl methyl sites for hydroxylation is 4. The number of carbonyl (C=O) groups is 1. The highest BCUT2D eigenvalue weighted by molar-refractivity contribution is 7.16. The van der Waals surface area contributed by atoms with Crippen LogP contribution in [-0.2, 0) is 17.6 Å². The molecule has 2 aromatic heterocycles. The van der Waals surface area contributed by atoms with Gasteiger partial charge >= 0.3 is 0 Å². The van der Waals surface area contributed by atoms with E-state index in [1.807, 2.05) is 20.8 Å². The van der Waals surface area contributed by atoms with Crippen LogP contribution in [0, 0.1) is 26.7 Å². The molecular weight excluding hydrogens is 272 g/mol. The second-order valence-electron chi connectivity index (χ2n) is 5.32. The molecule has 6 heteroatoms. The van der Waals surface area contributed by atoms with Gasteiger partial charge in [0.25, 0.3) is 0 Å². The molecule has 2 aromatic rings. The molecule has 20 heavy (non-hydrogen) atoms. The van der Waals surface area contributed by atoms with Gasteiger partial charge in [0.15, 0.2) is 0 Å². The zero-order valence-corrected chi connectivity index (χ0v) is 12.7. The number of carbonyl (C=O) groups excluding carboxylic acids is 1. The van der Waals surface area contributed by atoms with Crippen molar-refractivity contribution in [3.63, 3.8) is 0 Å². The summed E-state index contributed by atoms with van der Waals surface area (Å²) in [6.07, 6.45) is 2.48. The molecule has 0 aliphatic heterocycles. The number of anilines is 1. The topological polar surface area (TPSA) is 70.7 Å². The Morgan fingerprint density at radius 2 is 2.15 bits per heavy atom. The molecule has 2 heterocycles. The maximum Gasteiger partial charge on any atom is 0.228 e. The fourth-order valence-corrected chi connectivity index (χ4v) is 3.53. The highest BCUT2D eigenvalue weighted by Crippen LogP contribution is 2.27. The molecule has 1 amide bonds. The van der Waals surface area contributed by atoms with Crippen LogP contribution in [0.3, 0.4) is 0 Å². The number of nitrogens with one attached hydrogen (secondary N) is 2. The smallest absolute Gasteiger partial charge is 0.228 e. The van der Waals surface area contributed by atoms with Gasteiger partial charge < -0.3 is 10.3 Å². The van der Waals surface area contributed by atoms with Crippen molar-refractivity contribution in [3.05, 3.63) is 27.9 Å². The van der Waals surface area contributed by atoms with Crippen molar-refractivity contribution in [2.75, 3.05) is 5.32 Å². The summed E-state index contributed by atoms with van der Waals surface area (Å²) in [5.41, 5.74) is 3.14. The molecule has 0 spiro atoms. The van der Waals surface area contributed by atoms with E-state index in [0.717, 1.165) is 52.2 Å². The van der Waals surface area contributed by atoms with E-state index in [1.54, 1.807) is 0 Å². The Bertz CT molecular complexity index is 658. The van der Waals surface area contributed by atoms with Gasteiger partial charge in [0.1, 0.15) is 10.8 Å². The molecule has 0 aromatic carbocycles. The summed E-state index contributed by atoms with van der Waals surface area (Å²) in [5.74, 6) is 1.05. The zero-order chi connectivity index (χ0) is 14.3. The van der Waals surface area contributed by atoms with E-state index >= 15 is 0 Å². The number of imidazole rings is 1. The summed E-state index contributed by atoms with van der Waals surface area (Å²) in [6, 6.07) is 0. The van der Waals surface area contributed by atoms with E-state index < -0.39 is 0 Å². The molecule has 1 aliphatic carbocycles. The monoisotopic (exact) mass is 290 g/mol. The number of hydrogen-bond donors (Lipinski definition) is 2. The van der Waals surface area contributed by atoms with Crippen molar-refractivity contribution in [3.8, 4) is 0 Å². The zero-order valence-electron chi connectivity index (χ0n) is 11.9. The van der Waals surface area contributed by atoms with Crippen molar-refractivity contribution >= 4 is 22.2 Å². The van der Waals surface area contributed by atoms with E-state index in [9.17, 15) is 4.79 Å². The fourth-order valence-electron chi connectivity index (χ4n) is 2.71. The van der Waals surface area contributed by atoms with Crippen LogP contribution in [-0.4, -0.2) is 20.9 Å². The number of H-pyrrole nitrogens is 1. The summed E-state index contributed by atoms with van der Waals surface area (Å²) in [4.78, 5) is 24.4. The lowest BCUT2D eigenvalue weighted by molar-refractivity contribution is -0.120. The van der Waals surface area contributed by atoms with Crippen molar-refractivity contribution in [2.24, 2.45) is 5.92 Å². The second-order valence-corrected chi connectivity index (χ2v) is 6.53. The van der Waals surface area contributed by atoms with Crippen LogP contribution in [0.25, 0.3) is 0 Å². The minimum absolute atomic E-state index is 0.0177. The van der Waals surface area contributed by atoms with E-state index in [2.05, 4.69) is 20.3 Å². The van der Waals surface area contributed by atoms with Crippen molar-refractivity contribution in [2.45, 2.75) is 40.0 Å². The molecule has 0 unspecified atom stereocenters. The van der Waals surface area contributed by atoms with Gasteiger partial charge in [-0.3, -0.25) is 4.79 Å². The van der Waals surface area contributed by atoms with Gasteiger partial charge in [-0.05, 0) is 33.6 Å². The first-order valence-electron chi connectivity index (χ1n) is 6.82. The molecule has 1 aliphatic rings. The summed E-state index contributed by atoms with van der Waals surface area (Å²) >= 11 is 1.53. The van der Waals surface area contributed by atoms with Gasteiger partial charge in [0.2, 0.25) is 5.91 Å². The molecule has 5 nitrogen and oxygen atoms in total. The molecule has 0 saturated heterocycles. The van der Waals surface area contributed by atoms with Crippen LogP contribution in [0.1, 0.15) is 34.3 Å². The first-order valence-corrected chi connectivity index (χ1v) is 7.64. The SMILES string of the molecule is Cc1nc2c([nH]1)C[C@H](C(=O)Nc1sc(C)nc1C)CC2. The molecule has 106 valence electrons. The lowest BCUT2D eigenvalue weighted by Crippen LogP contribution is -2.28. The minimum atomic E-state index is 0.0177. The number of rotatable bonds is 2. The Morgan fingerprint density at radius 1 is 1.35 bits per heavy atom. The Morgan fingerprint density at radius 3 is 2.85 bits per heavy atom. The largest absolute Gasteiger partial charge is 0.346 e. The van der Waals surface area contributed by atoms with Gasteiger partial charge in [0.05, 0.1) is 16.4 Å². The lowest BCUT2D eigenvalue weighted by Gasteiger charge is -2.20. The van der Waals surface area contributed by atoms with Crippen LogP contribution >= 0.6 is 11.3 Å². The summed E-state index contributed by atoms with van der Waals surface area (Å²) in [6.45, 7) is 5.83. The third-order valence-electron chi connectivity index (χ3n) is 3.67. The maximum absolute atomic E-state index is 12.4. The first kappa shape index (κ1) is 13.3. The maximum atomic E-state index is 12.4. The van der Waals surface area contributed by atoms with Gasteiger partial charge in [-0.1, -0.05) is 0 Å². The summed E-state index contributed by atoms with van der Waals surface area (Å²) < 4.78 is 0. The Balaban J connectivity index is 1.71. The number of nitrogens with zero attached hydrogens (tertiary/aromatic N) is 2. The Kier molecular flexibility index (Phi) is 3.33. The molecule has 2 N–H and O–H groups in total. The van der Waals surface area contributed by atoms with Crippen LogP contribution in [0.4, 0.5) is 5.00 Å². The van der Waals surface area contributed by atoms with Crippen LogP contribution in [0.15, 0.2) is 0 Å². The van der Waals surface area contributed by atoms with E-state index in [4.69, 9.17) is 0 Å². The molecule has 0 fully saturated rings. The summed E-state index contributed by atoms with van der Waals surface area (Å²) in [7, 11) is 0. The van der Waals surface area contributed by atoms with Crippen LogP contribution < -0.4 is 5.32 Å². The predicted molar refractivity (Wildman–Crippen MR) is 79.1 cm³/mol. The molecule has 0 radical (unpaired) electrons. The predicted octanol–water partition coefficient (Wildman–Crippen LogP) is 2.54. The lowest BCUT2D eigenvalue weighted by atomic mass is 9.89. The third-order valence-corrected chi connectivity index (χ3v) is 4.66. The average molecular weight is 290 g/mol. The van der Waals surface area contributed by atoms with Crippen molar-refractivity contribution < 1.29 is 4.79 Å². The van der Waals surface area contributed by atoms with Gasteiger partial charge in [0, 0.05) is 18.0 Å². The Hall–Kier alpha value is -1.69. The van der Waals surface area contributed by atoms with Gasteiger partial charge in [-0.15, -0.1) is 11.3 Å². The highest BCUT2D eigenvalue weighted by Gasteiger charge is 2.27. The second kappa shape index (κ2) is 5.01. The van der Waals surface area contributed by atoms with E-state index in [1.165, 1.54) is 11.3 Å². The highest BCUT2D eigenvalue weighted by atomic mass is 32.1. The van der Waals surface area contributed by atoms with Crippen LogP contribution in [0.5, 0.6) is 0 Å². The number of amides is 1. The molecule has 0 bridgehead atoms. The number of hydrogen-bond acceptors (Lipinski definition) is 4. The number of aromatic amines is 1. The standard InChI is InChI=1S/C14H18N4OS/c1-7-14(20-9(3)15-7)18-13(19)10-4-5-11-12(6-10)17-8(2)16-11/h10H,4-6H2,1-3H3,(H,16,17)(H,18,19)/t10-/m1/s1.